The summed E-state index contributed by atoms with van der Waals surface area (Å²) in [5.74, 6) is 0.0202. The van der Waals surface area contributed by atoms with Crippen molar-refractivity contribution in [1.29, 1.82) is 0 Å². The molecular formula is C25H23FN2O3. The molecule has 0 bridgehead atoms. The Bertz CT molecular complexity index is 1110. The van der Waals surface area contributed by atoms with E-state index in [9.17, 15) is 9.18 Å². The SMILES string of the molecule is CCOC(=O)c1cncc(C2=C(c3ccccc3OCc3ccc(F)cc3)CCC2)n1. The molecule has 1 heterocycles. The lowest BCUT2D eigenvalue weighted by Gasteiger charge is -2.14. The quantitative estimate of drug-likeness (QED) is 0.477. The molecule has 1 aromatic heterocycles. The molecule has 158 valence electrons. The molecule has 0 fully saturated rings. The maximum atomic E-state index is 13.2. The Labute approximate surface area is 180 Å². The van der Waals surface area contributed by atoms with Crippen LogP contribution < -0.4 is 4.74 Å². The second-order valence-corrected chi connectivity index (χ2v) is 7.23. The van der Waals surface area contributed by atoms with E-state index in [1.165, 1.54) is 18.3 Å². The van der Waals surface area contributed by atoms with Gasteiger partial charge in [-0.25, -0.2) is 14.2 Å². The van der Waals surface area contributed by atoms with Crippen molar-refractivity contribution in [2.24, 2.45) is 0 Å². The number of hydrogen-bond acceptors (Lipinski definition) is 5. The standard InChI is InChI=1S/C25H23FN2O3/c1-2-30-25(29)23-15-27-14-22(28-23)20-8-5-7-19(20)21-6-3-4-9-24(21)31-16-17-10-12-18(26)13-11-17/h3-4,6,9-15H,2,5,7-8,16H2,1H3. The highest BCUT2D eigenvalue weighted by atomic mass is 19.1. The summed E-state index contributed by atoms with van der Waals surface area (Å²) in [7, 11) is 0. The number of benzene rings is 2. The van der Waals surface area contributed by atoms with Crippen molar-refractivity contribution < 1.29 is 18.7 Å². The highest BCUT2D eigenvalue weighted by Crippen LogP contribution is 2.42. The highest BCUT2D eigenvalue weighted by Gasteiger charge is 2.22. The van der Waals surface area contributed by atoms with Crippen molar-refractivity contribution in [3.05, 3.63) is 89.3 Å². The fraction of sp³-hybridized carbons (Fsp3) is 0.240. The maximum Gasteiger partial charge on any atom is 0.358 e. The average molecular weight is 418 g/mol. The summed E-state index contributed by atoms with van der Waals surface area (Å²) < 4.78 is 24.3. The first kappa shape index (κ1) is 20.7. The van der Waals surface area contributed by atoms with Gasteiger partial charge in [-0.05, 0) is 61.1 Å². The molecule has 0 unspecified atom stereocenters. The first-order valence-electron chi connectivity index (χ1n) is 10.3. The molecule has 0 saturated heterocycles. The van der Waals surface area contributed by atoms with Crippen molar-refractivity contribution in [1.82, 2.24) is 9.97 Å². The zero-order chi connectivity index (χ0) is 21.6. The minimum atomic E-state index is -0.472. The molecule has 3 aromatic rings. The van der Waals surface area contributed by atoms with E-state index in [-0.39, 0.29) is 18.1 Å². The molecule has 6 heteroatoms. The molecule has 0 radical (unpaired) electrons. The lowest BCUT2D eigenvalue weighted by atomic mass is 9.99. The number of halogens is 1. The van der Waals surface area contributed by atoms with Crippen LogP contribution in [0.25, 0.3) is 11.1 Å². The summed E-state index contributed by atoms with van der Waals surface area (Å²) in [5, 5.41) is 0. The van der Waals surface area contributed by atoms with Crippen LogP contribution in [-0.2, 0) is 11.3 Å². The summed E-state index contributed by atoms with van der Waals surface area (Å²) in [6.45, 7) is 2.39. The highest BCUT2D eigenvalue weighted by molar-refractivity contribution is 5.94. The third-order valence-electron chi connectivity index (χ3n) is 5.17. The second-order valence-electron chi connectivity index (χ2n) is 7.23. The Morgan fingerprint density at radius 3 is 2.61 bits per heavy atom. The number of carbonyl (C=O) groups is 1. The number of nitrogens with zero attached hydrogens (tertiary/aromatic N) is 2. The van der Waals surface area contributed by atoms with E-state index in [1.807, 2.05) is 24.3 Å². The lowest BCUT2D eigenvalue weighted by molar-refractivity contribution is 0.0519. The van der Waals surface area contributed by atoms with Crippen LogP contribution in [-0.4, -0.2) is 22.5 Å². The lowest BCUT2D eigenvalue weighted by Crippen LogP contribution is -2.09. The second kappa shape index (κ2) is 9.51. The van der Waals surface area contributed by atoms with Gasteiger partial charge in [-0.1, -0.05) is 30.3 Å². The van der Waals surface area contributed by atoms with E-state index < -0.39 is 5.97 Å². The van der Waals surface area contributed by atoms with Crippen LogP contribution in [0.15, 0.2) is 60.9 Å². The Morgan fingerprint density at radius 1 is 1.03 bits per heavy atom. The third-order valence-corrected chi connectivity index (χ3v) is 5.17. The summed E-state index contributed by atoms with van der Waals surface area (Å²) in [4.78, 5) is 20.8. The molecule has 31 heavy (non-hydrogen) atoms. The molecule has 1 aliphatic carbocycles. The Balaban J connectivity index is 1.64. The predicted molar refractivity (Wildman–Crippen MR) is 116 cm³/mol. The molecule has 2 aromatic carbocycles. The van der Waals surface area contributed by atoms with Gasteiger partial charge < -0.3 is 9.47 Å². The molecule has 0 amide bonds. The fourth-order valence-electron chi connectivity index (χ4n) is 3.72. The molecule has 4 rings (SSSR count). The smallest absolute Gasteiger partial charge is 0.358 e. The van der Waals surface area contributed by atoms with Crippen LogP contribution in [0.1, 0.15) is 53.5 Å². The number of para-hydroxylation sites is 1. The molecular weight excluding hydrogens is 395 g/mol. The fourth-order valence-corrected chi connectivity index (χ4v) is 3.72. The van der Waals surface area contributed by atoms with Gasteiger partial charge in [0.05, 0.1) is 24.7 Å². The van der Waals surface area contributed by atoms with Crippen molar-refractivity contribution >= 4 is 17.1 Å². The molecule has 0 N–H and O–H groups in total. The molecule has 1 aliphatic rings. The molecule has 5 nitrogen and oxygen atoms in total. The van der Waals surface area contributed by atoms with Crippen LogP contribution in [0.5, 0.6) is 5.75 Å². The minimum absolute atomic E-state index is 0.207. The monoisotopic (exact) mass is 418 g/mol. The van der Waals surface area contributed by atoms with E-state index >= 15 is 0 Å². The first-order valence-corrected chi connectivity index (χ1v) is 10.3. The first-order chi connectivity index (χ1) is 15.2. The number of rotatable bonds is 7. The third kappa shape index (κ3) is 4.79. The summed E-state index contributed by atoms with van der Waals surface area (Å²) in [5.41, 5.74) is 5.00. The topological polar surface area (TPSA) is 61.3 Å². The average Bonchev–Trinajstić information content (AvgIpc) is 3.29. The van der Waals surface area contributed by atoms with Crippen molar-refractivity contribution in [3.63, 3.8) is 0 Å². The number of ether oxygens (including phenoxy) is 2. The van der Waals surface area contributed by atoms with E-state index in [4.69, 9.17) is 9.47 Å². The van der Waals surface area contributed by atoms with Gasteiger partial charge in [0.15, 0.2) is 5.69 Å². The van der Waals surface area contributed by atoms with Crippen molar-refractivity contribution in [2.75, 3.05) is 6.61 Å². The van der Waals surface area contributed by atoms with Gasteiger partial charge in [0.1, 0.15) is 18.2 Å². The Hall–Kier alpha value is -3.54. The number of aromatic nitrogens is 2. The van der Waals surface area contributed by atoms with E-state index in [1.54, 1.807) is 25.3 Å². The van der Waals surface area contributed by atoms with Crippen molar-refractivity contribution in [3.8, 4) is 5.75 Å². The van der Waals surface area contributed by atoms with E-state index in [0.717, 1.165) is 47.3 Å². The van der Waals surface area contributed by atoms with Crippen LogP contribution in [0.3, 0.4) is 0 Å². The molecule has 0 spiro atoms. The zero-order valence-electron chi connectivity index (χ0n) is 17.3. The maximum absolute atomic E-state index is 13.2. The van der Waals surface area contributed by atoms with Crippen LogP contribution in [0.4, 0.5) is 4.39 Å². The molecule has 0 saturated carbocycles. The number of carbonyl (C=O) groups excluding carboxylic acids is 1. The minimum Gasteiger partial charge on any atom is -0.488 e. The van der Waals surface area contributed by atoms with E-state index in [2.05, 4.69) is 9.97 Å². The normalized spacial score (nSPS) is 13.4. The molecule has 0 atom stereocenters. The summed E-state index contributed by atoms with van der Waals surface area (Å²) in [6.07, 6.45) is 5.84. The number of allylic oxidation sites excluding steroid dienone is 2. The Morgan fingerprint density at radius 2 is 1.81 bits per heavy atom. The number of hydrogen-bond donors (Lipinski definition) is 0. The van der Waals surface area contributed by atoms with Gasteiger partial charge in [-0.3, -0.25) is 4.98 Å². The molecule has 0 aliphatic heterocycles. The van der Waals surface area contributed by atoms with Gasteiger partial charge in [-0.15, -0.1) is 0 Å². The van der Waals surface area contributed by atoms with Gasteiger partial charge in [0.2, 0.25) is 0 Å². The summed E-state index contributed by atoms with van der Waals surface area (Å²) in [6, 6.07) is 14.2. The number of esters is 1. The predicted octanol–water partition coefficient (Wildman–Crippen LogP) is 5.47. The van der Waals surface area contributed by atoms with Gasteiger partial charge in [0, 0.05) is 5.56 Å². The van der Waals surface area contributed by atoms with Gasteiger partial charge >= 0.3 is 5.97 Å². The van der Waals surface area contributed by atoms with Crippen LogP contribution >= 0.6 is 0 Å². The Kier molecular flexibility index (Phi) is 6.36. The summed E-state index contributed by atoms with van der Waals surface area (Å²) >= 11 is 0. The van der Waals surface area contributed by atoms with E-state index in [0.29, 0.717) is 12.3 Å². The largest absolute Gasteiger partial charge is 0.488 e. The van der Waals surface area contributed by atoms with Crippen LogP contribution in [0, 0.1) is 5.82 Å². The van der Waals surface area contributed by atoms with Crippen molar-refractivity contribution in [2.45, 2.75) is 32.8 Å². The van der Waals surface area contributed by atoms with Gasteiger partial charge in [-0.2, -0.15) is 0 Å². The zero-order valence-corrected chi connectivity index (χ0v) is 17.3. The van der Waals surface area contributed by atoms with Gasteiger partial charge in [0.25, 0.3) is 0 Å². The van der Waals surface area contributed by atoms with Crippen LogP contribution in [0.2, 0.25) is 0 Å².